The third-order valence-electron chi connectivity index (χ3n) is 13.8. The fourth-order valence-corrected chi connectivity index (χ4v) is 9.47. The monoisotopic (exact) mass is 1160 g/mol. The summed E-state index contributed by atoms with van der Waals surface area (Å²) in [7, 11) is 0. The van der Waals surface area contributed by atoms with E-state index in [1.807, 2.05) is 55.7 Å². The number of benzene rings is 2. The molecule has 83 heavy (non-hydrogen) atoms. The molecule has 0 fully saturated rings. The number of aliphatic hydroxyl groups is 1. The van der Waals surface area contributed by atoms with Gasteiger partial charge in [-0.15, -0.1) is 0 Å². The number of hydrogen-bond acceptors (Lipinski definition) is 12. The number of amides is 10. The first-order valence-corrected chi connectivity index (χ1v) is 27.9. The highest BCUT2D eigenvalue weighted by Gasteiger charge is 2.38. The number of imide groups is 1. The lowest BCUT2D eigenvalue weighted by Gasteiger charge is -2.41. The lowest BCUT2D eigenvalue weighted by molar-refractivity contribution is -0.142. The van der Waals surface area contributed by atoms with Gasteiger partial charge < -0.3 is 63.0 Å². The predicted octanol–water partition coefficient (Wildman–Crippen LogP) is 3.03. The zero-order valence-corrected chi connectivity index (χ0v) is 47.8. The Kier molecular flexibility index (Phi) is 26.9. The summed E-state index contributed by atoms with van der Waals surface area (Å²) in [6, 6.07) is 7.74. The first-order chi connectivity index (χ1) is 39.3. The molecule has 25 heteroatoms. The van der Waals surface area contributed by atoms with Crippen LogP contribution >= 0.6 is 0 Å². The van der Waals surface area contributed by atoms with Gasteiger partial charge in [-0.2, -0.15) is 0 Å². The minimum absolute atomic E-state index is 0.0185. The molecular weight excluding hydrogens is 1080 g/mol. The number of primary amides is 1. The molecule has 0 unspecified atom stereocenters. The molecule has 12 N–H and O–H groups in total. The van der Waals surface area contributed by atoms with Gasteiger partial charge in [0, 0.05) is 87.3 Å². The molecule has 3 aromatic rings. The number of rotatable bonds is 35. The Bertz CT molecular complexity index is 2750. The quantitative estimate of drug-likeness (QED) is 0.0300. The van der Waals surface area contributed by atoms with Crippen LogP contribution in [0.25, 0.3) is 11.1 Å². The maximum absolute atomic E-state index is 15.2. The summed E-state index contributed by atoms with van der Waals surface area (Å²) < 4.78 is 31.4. The highest BCUT2D eigenvalue weighted by Crippen LogP contribution is 2.41. The SMILES string of the molecule is CC(C)[C@H](NC(=O)CCCCCN1C(=O)C=CC1=O)C(=O)N[C@@H](CCCNC(N)=O)C(=O)N[C@@H](CCCCNC(=O)CCNC(=O)[C@@H](N)CCN(C(=O)CO)[C@@H](c1cc(-c2cc(F)ccc2F)cn1Cc1ccccc1)C(C)(C)C)C(=O)O. The summed E-state index contributed by atoms with van der Waals surface area (Å²) in [5.74, 6) is -7.54. The summed E-state index contributed by atoms with van der Waals surface area (Å²) >= 11 is 0. The predicted molar refractivity (Wildman–Crippen MR) is 303 cm³/mol. The maximum Gasteiger partial charge on any atom is 0.326 e. The fraction of sp³-hybridized carbons (Fsp3) is 0.517. The van der Waals surface area contributed by atoms with E-state index in [4.69, 9.17) is 11.5 Å². The molecule has 2 heterocycles. The molecule has 0 saturated carbocycles. The Morgan fingerprint density at radius 2 is 1.37 bits per heavy atom. The highest BCUT2D eigenvalue weighted by molar-refractivity contribution is 6.12. The molecule has 0 spiro atoms. The van der Waals surface area contributed by atoms with Gasteiger partial charge in [0.15, 0.2) is 0 Å². The van der Waals surface area contributed by atoms with Crippen molar-refractivity contribution in [3.8, 4) is 11.1 Å². The van der Waals surface area contributed by atoms with Crippen LogP contribution in [0.3, 0.4) is 0 Å². The van der Waals surface area contributed by atoms with Gasteiger partial charge in [-0.1, -0.05) is 71.4 Å². The average molecular weight is 1160 g/mol. The van der Waals surface area contributed by atoms with Gasteiger partial charge >= 0.3 is 12.0 Å². The summed E-state index contributed by atoms with van der Waals surface area (Å²) in [6.45, 7) is 8.66. The van der Waals surface area contributed by atoms with Crippen molar-refractivity contribution in [2.75, 3.05) is 39.3 Å². The van der Waals surface area contributed by atoms with Crippen LogP contribution in [0.1, 0.15) is 123 Å². The number of aliphatic hydroxyl groups excluding tert-OH is 1. The molecule has 0 aliphatic carbocycles. The van der Waals surface area contributed by atoms with Gasteiger partial charge in [0.1, 0.15) is 36.4 Å². The van der Waals surface area contributed by atoms with Gasteiger partial charge in [-0.3, -0.25) is 43.3 Å². The van der Waals surface area contributed by atoms with Crippen molar-refractivity contribution in [2.45, 2.75) is 142 Å². The molecule has 0 bridgehead atoms. The molecule has 1 aromatic heterocycles. The third kappa shape index (κ3) is 22.0. The number of nitrogens with one attached hydrogen (secondary N) is 6. The summed E-state index contributed by atoms with van der Waals surface area (Å²) in [4.78, 5) is 129. The van der Waals surface area contributed by atoms with Crippen molar-refractivity contribution in [2.24, 2.45) is 22.8 Å². The van der Waals surface area contributed by atoms with E-state index in [0.29, 0.717) is 43.5 Å². The Morgan fingerprint density at radius 3 is 2.01 bits per heavy atom. The molecule has 4 rings (SSSR count). The normalized spacial score (nSPS) is 14.1. The van der Waals surface area contributed by atoms with E-state index in [1.54, 1.807) is 26.1 Å². The van der Waals surface area contributed by atoms with Crippen molar-refractivity contribution >= 4 is 59.3 Å². The minimum Gasteiger partial charge on any atom is -0.480 e. The number of unbranched alkanes of at least 4 members (excludes halogenated alkanes) is 3. The Hall–Kier alpha value is -8.06. The number of carboxylic acid groups (broad SMARTS) is 1. The maximum atomic E-state index is 15.2. The van der Waals surface area contributed by atoms with Crippen LogP contribution < -0.4 is 43.4 Å². The van der Waals surface area contributed by atoms with Crippen LogP contribution in [0, 0.1) is 23.0 Å². The Morgan fingerprint density at radius 1 is 0.711 bits per heavy atom. The van der Waals surface area contributed by atoms with E-state index < -0.39 is 119 Å². The van der Waals surface area contributed by atoms with Gasteiger partial charge in [-0.05, 0) is 92.5 Å². The largest absolute Gasteiger partial charge is 0.480 e. The molecule has 1 aliphatic heterocycles. The summed E-state index contributed by atoms with van der Waals surface area (Å²) in [5.41, 5.74) is 12.6. The van der Waals surface area contributed by atoms with Crippen LogP contribution in [0.15, 0.2) is 72.9 Å². The van der Waals surface area contributed by atoms with Crippen LogP contribution in [0.2, 0.25) is 0 Å². The number of nitrogens with zero attached hydrogens (tertiary/aromatic N) is 3. The molecule has 0 saturated heterocycles. The second-order valence-electron chi connectivity index (χ2n) is 21.8. The minimum atomic E-state index is -1.40. The molecule has 454 valence electrons. The molecule has 10 amide bonds. The number of carboxylic acids is 1. The average Bonchev–Trinajstić information content (AvgIpc) is 4.21. The van der Waals surface area contributed by atoms with E-state index in [0.717, 1.165) is 28.7 Å². The first kappa shape index (κ1) is 67.4. The van der Waals surface area contributed by atoms with Crippen molar-refractivity contribution < 1.29 is 66.9 Å². The van der Waals surface area contributed by atoms with Crippen LogP contribution in [0.5, 0.6) is 0 Å². The van der Waals surface area contributed by atoms with E-state index >= 15 is 4.39 Å². The summed E-state index contributed by atoms with van der Waals surface area (Å²) in [5, 5.41) is 35.7. The van der Waals surface area contributed by atoms with Crippen LogP contribution in [-0.4, -0.2) is 147 Å². The molecular formula is C58H81F2N11O12. The van der Waals surface area contributed by atoms with Gasteiger partial charge in [0.05, 0.1) is 12.1 Å². The van der Waals surface area contributed by atoms with Crippen LogP contribution in [-0.2, 0) is 49.7 Å². The van der Waals surface area contributed by atoms with Gasteiger partial charge in [-0.25, -0.2) is 18.4 Å². The van der Waals surface area contributed by atoms with E-state index in [9.17, 15) is 62.5 Å². The second-order valence-corrected chi connectivity index (χ2v) is 21.8. The number of urea groups is 1. The fourth-order valence-electron chi connectivity index (χ4n) is 9.47. The number of aliphatic carboxylic acids is 1. The van der Waals surface area contributed by atoms with Gasteiger partial charge in [0.2, 0.25) is 35.4 Å². The number of carbonyl (C=O) groups excluding carboxylic acids is 9. The van der Waals surface area contributed by atoms with E-state index in [2.05, 4.69) is 31.9 Å². The smallest absolute Gasteiger partial charge is 0.326 e. The zero-order valence-electron chi connectivity index (χ0n) is 47.8. The first-order valence-electron chi connectivity index (χ1n) is 27.9. The standard InChI is InChI=1S/C58H81F2N11O12/c1-36(2)51(68-47(74)19-10-7-13-29-70-48(75)22-23-49(70)76)55(80)66-43(18-14-27-65-57(62)83)54(79)67-44(56(81)82)17-11-12-26-63-46(73)24-28-64-53(78)42(61)25-30-71(50(77)35-72)52(58(3,4)5)45-31-38(40-32-39(59)20-21-41(40)60)34-69(45)33-37-15-8-6-9-16-37/h6,8-9,15-16,20-23,31-32,34,36,42-44,51-52,72H,7,10-14,17-19,24-30,33,35,61H2,1-5H3,(H,63,73)(H,64,78)(H,66,80)(H,67,79)(H,68,74)(H,81,82)(H3,62,65,83)/t42-,43-,44-,51-,52-/m0/s1. The van der Waals surface area contributed by atoms with E-state index in [-0.39, 0.29) is 83.2 Å². The molecule has 23 nitrogen and oxygen atoms in total. The number of halogens is 2. The van der Waals surface area contributed by atoms with Gasteiger partial charge in [0.25, 0.3) is 11.8 Å². The lowest BCUT2D eigenvalue weighted by atomic mass is 9.82. The van der Waals surface area contributed by atoms with Crippen molar-refractivity contribution in [1.82, 2.24) is 46.3 Å². The number of nitrogens with two attached hydrogens (primary N) is 2. The second kappa shape index (κ2) is 33.1. The van der Waals surface area contributed by atoms with E-state index in [1.165, 1.54) is 17.1 Å². The number of aromatic nitrogens is 1. The Balaban J connectivity index is 1.27. The molecule has 0 radical (unpaired) electrons. The van der Waals surface area contributed by atoms with Crippen molar-refractivity contribution in [3.05, 3.63) is 95.8 Å². The molecule has 5 atom stereocenters. The topological polar surface area (TPSA) is 347 Å². The highest BCUT2D eigenvalue weighted by atomic mass is 19.1. The van der Waals surface area contributed by atoms with Crippen molar-refractivity contribution in [3.63, 3.8) is 0 Å². The molecule has 1 aliphatic rings. The Labute approximate surface area is 482 Å². The summed E-state index contributed by atoms with van der Waals surface area (Å²) in [6.07, 6.45) is 5.90. The third-order valence-corrected chi connectivity index (χ3v) is 13.8. The zero-order chi connectivity index (χ0) is 61.4. The van der Waals surface area contributed by atoms with Crippen molar-refractivity contribution in [1.29, 1.82) is 0 Å². The van der Waals surface area contributed by atoms with Crippen LogP contribution in [0.4, 0.5) is 13.6 Å². The number of carbonyl (C=O) groups is 10. The molecule has 2 aromatic carbocycles. The lowest BCUT2D eigenvalue weighted by Crippen LogP contribution is -2.57. The number of hydrogen-bond donors (Lipinski definition) is 10.